The molecular formula is C25H19ClFNO4. The molecule has 0 bridgehead atoms. The standard InChI is InChI=1S/C25H19ClFNO4/c1-30-22-14-17(12-20(26)23(22)31-11-10-16-6-3-2-4-7-16)13-21-25(29)32-24(28-21)18-8-5-9-19(27)15-18/h2-9,12-15H,10-11H2,1H3/b21-13-. The summed E-state index contributed by atoms with van der Waals surface area (Å²) < 4.78 is 29.9. The predicted molar refractivity (Wildman–Crippen MR) is 121 cm³/mol. The summed E-state index contributed by atoms with van der Waals surface area (Å²) in [5.74, 6) is -0.191. The van der Waals surface area contributed by atoms with E-state index in [0.29, 0.717) is 34.3 Å². The fraction of sp³-hybridized carbons (Fsp3) is 0.120. The highest BCUT2D eigenvalue weighted by Crippen LogP contribution is 2.37. The van der Waals surface area contributed by atoms with Crippen LogP contribution in [0.1, 0.15) is 16.7 Å². The van der Waals surface area contributed by atoms with E-state index < -0.39 is 11.8 Å². The number of carbonyl (C=O) groups excluding carboxylic acids is 1. The number of halogens is 2. The van der Waals surface area contributed by atoms with Crippen LogP contribution in [0.2, 0.25) is 5.02 Å². The fourth-order valence-corrected chi connectivity index (χ4v) is 3.46. The molecule has 1 heterocycles. The van der Waals surface area contributed by atoms with E-state index in [1.165, 1.54) is 31.4 Å². The average molecular weight is 452 g/mol. The van der Waals surface area contributed by atoms with Gasteiger partial charge in [0.2, 0.25) is 5.90 Å². The summed E-state index contributed by atoms with van der Waals surface area (Å²) in [5.41, 5.74) is 2.17. The van der Waals surface area contributed by atoms with E-state index in [2.05, 4.69) is 4.99 Å². The third-order valence-electron chi connectivity index (χ3n) is 4.73. The van der Waals surface area contributed by atoms with Crippen LogP contribution >= 0.6 is 11.6 Å². The third-order valence-corrected chi connectivity index (χ3v) is 5.01. The number of methoxy groups -OCH3 is 1. The van der Waals surface area contributed by atoms with Gasteiger partial charge < -0.3 is 14.2 Å². The van der Waals surface area contributed by atoms with Gasteiger partial charge in [-0.25, -0.2) is 14.2 Å². The topological polar surface area (TPSA) is 57.1 Å². The van der Waals surface area contributed by atoms with E-state index in [0.717, 1.165) is 12.0 Å². The molecule has 0 N–H and O–H groups in total. The van der Waals surface area contributed by atoms with Gasteiger partial charge >= 0.3 is 5.97 Å². The van der Waals surface area contributed by atoms with Crippen LogP contribution in [-0.2, 0) is 16.0 Å². The van der Waals surface area contributed by atoms with Gasteiger partial charge in [-0.05, 0) is 47.5 Å². The molecule has 0 saturated carbocycles. The van der Waals surface area contributed by atoms with Crippen molar-refractivity contribution in [2.24, 2.45) is 4.99 Å². The molecule has 162 valence electrons. The van der Waals surface area contributed by atoms with E-state index in [9.17, 15) is 9.18 Å². The molecule has 1 aliphatic rings. The Morgan fingerprint density at radius 2 is 1.91 bits per heavy atom. The Bertz CT molecular complexity index is 1210. The molecule has 0 spiro atoms. The van der Waals surface area contributed by atoms with Gasteiger partial charge in [0.25, 0.3) is 0 Å². The second-order valence-electron chi connectivity index (χ2n) is 6.96. The number of nitrogens with zero attached hydrogens (tertiary/aromatic N) is 1. The number of hydrogen-bond acceptors (Lipinski definition) is 5. The summed E-state index contributed by atoms with van der Waals surface area (Å²) in [6.07, 6.45) is 2.24. The van der Waals surface area contributed by atoms with Crippen LogP contribution in [0.5, 0.6) is 11.5 Å². The molecule has 32 heavy (non-hydrogen) atoms. The highest BCUT2D eigenvalue weighted by Gasteiger charge is 2.25. The Morgan fingerprint density at radius 3 is 2.66 bits per heavy atom. The predicted octanol–water partition coefficient (Wildman–Crippen LogP) is 5.45. The SMILES string of the molecule is COc1cc(/C=C2\N=C(c3cccc(F)c3)OC2=O)cc(Cl)c1OCCc1ccccc1. The molecular weight excluding hydrogens is 433 g/mol. The lowest BCUT2D eigenvalue weighted by Gasteiger charge is -2.13. The smallest absolute Gasteiger partial charge is 0.363 e. The quantitative estimate of drug-likeness (QED) is 0.354. The molecule has 0 atom stereocenters. The van der Waals surface area contributed by atoms with Crippen molar-refractivity contribution in [3.05, 3.63) is 100.0 Å². The molecule has 0 saturated heterocycles. The number of ether oxygens (including phenoxy) is 3. The molecule has 7 heteroatoms. The van der Waals surface area contributed by atoms with Crippen molar-refractivity contribution in [2.45, 2.75) is 6.42 Å². The zero-order chi connectivity index (χ0) is 22.5. The maximum atomic E-state index is 13.5. The van der Waals surface area contributed by atoms with Crippen LogP contribution in [-0.4, -0.2) is 25.6 Å². The zero-order valence-electron chi connectivity index (χ0n) is 17.2. The Kier molecular flexibility index (Phi) is 6.52. The van der Waals surface area contributed by atoms with Crippen LogP contribution in [0.15, 0.2) is 77.4 Å². The third kappa shape index (κ3) is 4.98. The Balaban J connectivity index is 1.54. The van der Waals surface area contributed by atoms with E-state index >= 15 is 0 Å². The minimum absolute atomic E-state index is 0.0414. The molecule has 3 aromatic rings. The highest BCUT2D eigenvalue weighted by molar-refractivity contribution is 6.32. The number of hydrogen-bond donors (Lipinski definition) is 0. The van der Waals surface area contributed by atoms with Gasteiger partial charge in [-0.3, -0.25) is 0 Å². The van der Waals surface area contributed by atoms with E-state index in [4.69, 9.17) is 25.8 Å². The monoisotopic (exact) mass is 451 g/mol. The van der Waals surface area contributed by atoms with Crippen LogP contribution in [0, 0.1) is 5.82 Å². The summed E-state index contributed by atoms with van der Waals surface area (Å²) in [4.78, 5) is 16.4. The van der Waals surface area contributed by atoms with Gasteiger partial charge in [-0.2, -0.15) is 0 Å². The molecule has 0 aromatic heterocycles. The maximum Gasteiger partial charge on any atom is 0.363 e. The number of esters is 1. The molecule has 0 fully saturated rings. The normalized spacial score (nSPS) is 14.3. The minimum atomic E-state index is -0.637. The molecule has 4 rings (SSSR count). The molecule has 1 aliphatic heterocycles. The number of cyclic esters (lactones) is 1. The Morgan fingerprint density at radius 1 is 1.09 bits per heavy atom. The minimum Gasteiger partial charge on any atom is -0.493 e. The van der Waals surface area contributed by atoms with Crippen molar-refractivity contribution in [3.8, 4) is 11.5 Å². The van der Waals surface area contributed by atoms with Crippen LogP contribution in [0.25, 0.3) is 6.08 Å². The maximum absolute atomic E-state index is 13.5. The first-order chi connectivity index (χ1) is 15.5. The highest BCUT2D eigenvalue weighted by atomic mass is 35.5. The van der Waals surface area contributed by atoms with Gasteiger partial charge in [0.05, 0.1) is 18.7 Å². The van der Waals surface area contributed by atoms with Crippen LogP contribution in [0.4, 0.5) is 4.39 Å². The number of carbonyl (C=O) groups is 1. The summed E-state index contributed by atoms with van der Waals surface area (Å²) in [5, 5.41) is 0.338. The molecule has 5 nitrogen and oxygen atoms in total. The molecule has 0 amide bonds. The molecule has 3 aromatic carbocycles. The molecule has 0 unspecified atom stereocenters. The van der Waals surface area contributed by atoms with Gasteiger partial charge in [0.1, 0.15) is 5.82 Å². The van der Waals surface area contributed by atoms with E-state index in [1.807, 2.05) is 30.3 Å². The van der Waals surface area contributed by atoms with Crippen molar-refractivity contribution in [1.29, 1.82) is 0 Å². The largest absolute Gasteiger partial charge is 0.493 e. The summed E-state index contributed by atoms with van der Waals surface area (Å²) in [6.45, 7) is 0.425. The second-order valence-corrected chi connectivity index (χ2v) is 7.37. The van der Waals surface area contributed by atoms with Gasteiger partial charge in [0, 0.05) is 12.0 Å². The van der Waals surface area contributed by atoms with E-state index in [1.54, 1.807) is 18.2 Å². The summed E-state index contributed by atoms with van der Waals surface area (Å²) in [6, 6.07) is 19.0. The fourth-order valence-electron chi connectivity index (χ4n) is 3.19. The number of aliphatic imine (C=N–C) groups is 1. The first kappa shape index (κ1) is 21.6. The van der Waals surface area contributed by atoms with Crippen molar-refractivity contribution in [1.82, 2.24) is 0 Å². The summed E-state index contributed by atoms with van der Waals surface area (Å²) >= 11 is 6.43. The lowest BCUT2D eigenvalue weighted by Crippen LogP contribution is -2.05. The average Bonchev–Trinajstić information content (AvgIpc) is 3.16. The number of benzene rings is 3. The second kappa shape index (κ2) is 9.66. The van der Waals surface area contributed by atoms with Crippen LogP contribution < -0.4 is 9.47 Å². The molecule has 0 aliphatic carbocycles. The summed E-state index contributed by atoms with van der Waals surface area (Å²) in [7, 11) is 1.51. The van der Waals surface area contributed by atoms with Gasteiger partial charge in [-0.1, -0.05) is 48.0 Å². The van der Waals surface area contributed by atoms with Crippen molar-refractivity contribution >= 4 is 29.5 Å². The van der Waals surface area contributed by atoms with Crippen molar-refractivity contribution < 1.29 is 23.4 Å². The van der Waals surface area contributed by atoms with Crippen molar-refractivity contribution in [3.63, 3.8) is 0 Å². The Hall–Kier alpha value is -3.64. The van der Waals surface area contributed by atoms with Gasteiger partial charge in [-0.15, -0.1) is 0 Å². The lowest BCUT2D eigenvalue weighted by atomic mass is 10.1. The lowest BCUT2D eigenvalue weighted by molar-refractivity contribution is -0.129. The molecule has 0 radical (unpaired) electrons. The first-order valence-electron chi connectivity index (χ1n) is 9.86. The Labute approximate surface area is 189 Å². The van der Waals surface area contributed by atoms with Gasteiger partial charge in [0.15, 0.2) is 17.2 Å². The first-order valence-corrected chi connectivity index (χ1v) is 10.2. The van der Waals surface area contributed by atoms with Crippen molar-refractivity contribution in [2.75, 3.05) is 13.7 Å². The zero-order valence-corrected chi connectivity index (χ0v) is 17.9. The van der Waals surface area contributed by atoms with E-state index in [-0.39, 0.29) is 11.6 Å². The van der Waals surface area contributed by atoms with Crippen LogP contribution in [0.3, 0.4) is 0 Å². The number of rotatable bonds is 7.